The summed E-state index contributed by atoms with van der Waals surface area (Å²) in [5.74, 6) is 1.10. The summed E-state index contributed by atoms with van der Waals surface area (Å²) in [6, 6.07) is 26.0. The molecule has 5 rings (SSSR count). The number of rotatable bonds is 10. The van der Waals surface area contributed by atoms with Gasteiger partial charge in [-0.1, -0.05) is 41.9 Å². The van der Waals surface area contributed by atoms with Gasteiger partial charge in [-0.15, -0.1) is 0 Å². The molecule has 12 heteroatoms. The summed E-state index contributed by atoms with van der Waals surface area (Å²) in [7, 11) is 3.08. The Bertz CT molecular complexity index is 1760. The predicted octanol–water partition coefficient (Wildman–Crippen LogP) is 6.50. The minimum Gasteiger partial charge on any atom is -0.497 e. The van der Waals surface area contributed by atoms with E-state index in [-0.39, 0.29) is 24.0 Å². The predicted molar refractivity (Wildman–Crippen MR) is 166 cm³/mol. The standard InChI is InChI=1S/C30H26ClN5O5S/c1-40-24-16-22(17-25(18-24)41-2)33-29-30(35-27-12-4-3-11-26(27)34-29)36(42(38)39)23-10-6-9-21(15-23)32-28(37)14-19-7-5-8-20(31)13-19/h3-13,15-18H,14H2,1-2H3,(H,32,37)(H,33,34)(H,38,39). The molecule has 10 nitrogen and oxygen atoms in total. The molecule has 3 N–H and O–H groups in total. The van der Waals surface area contributed by atoms with Gasteiger partial charge in [0.2, 0.25) is 5.91 Å². The highest BCUT2D eigenvalue weighted by Gasteiger charge is 2.24. The van der Waals surface area contributed by atoms with E-state index in [1.807, 2.05) is 12.1 Å². The van der Waals surface area contributed by atoms with Crippen molar-refractivity contribution in [3.05, 3.63) is 102 Å². The first kappa shape index (κ1) is 28.8. The van der Waals surface area contributed by atoms with Crippen LogP contribution in [0, 0.1) is 0 Å². The second-order valence-corrected chi connectivity index (χ2v) is 10.3. The van der Waals surface area contributed by atoms with Gasteiger partial charge in [0.15, 0.2) is 11.6 Å². The maximum absolute atomic E-state index is 12.9. The van der Waals surface area contributed by atoms with E-state index in [0.717, 1.165) is 9.87 Å². The minimum atomic E-state index is -2.57. The molecule has 0 saturated heterocycles. The number of ether oxygens (including phenoxy) is 2. The Morgan fingerprint density at radius 3 is 2.24 bits per heavy atom. The number of amides is 1. The van der Waals surface area contributed by atoms with Crippen LogP contribution in [0.15, 0.2) is 91.0 Å². The van der Waals surface area contributed by atoms with E-state index in [1.165, 1.54) is 14.2 Å². The molecule has 0 aliphatic rings. The average molecular weight is 604 g/mol. The topological polar surface area (TPSA) is 126 Å². The molecule has 0 fully saturated rings. The van der Waals surface area contributed by atoms with Gasteiger partial charge in [-0.3, -0.25) is 9.35 Å². The molecule has 1 heterocycles. The number of benzene rings is 4. The number of halogens is 1. The van der Waals surface area contributed by atoms with Gasteiger partial charge >= 0.3 is 0 Å². The lowest BCUT2D eigenvalue weighted by molar-refractivity contribution is -0.115. The van der Waals surface area contributed by atoms with Crippen molar-refractivity contribution in [1.29, 1.82) is 0 Å². The van der Waals surface area contributed by atoms with Crippen molar-refractivity contribution in [3.63, 3.8) is 0 Å². The third kappa shape index (κ3) is 6.77. The Morgan fingerprint density at radius 2 is 1.57 bits per heavy atom. The lowest BCUT2D eigenvalue weighted by atomic mass is 10.1. The quantitative estimate of drug-likeness (QED) is 0.154. The molecular weight excluding hydrogens is 578 g/mol. The summed E-state index contributed by atoms with van der Waals surface area (Å²) < 4.78 is 35.2. The van der Waals surface area contributed by atoms with Crippen molar-refractivity contribution in [2.45, 2.75) is 6.42 Å². The van der Waals surface area contributed by atoms with E-state index in [2.05, 4.69) is 10.6 Å². The van der Waals surface area contributed by atoms with Gasteiger partial charge in [0.1, 0.15) is 11.5 Å². The summed E-state index contributed by atoms with van der Waals surface area (Å²) in [6.07, 6.45) is 0.106. The fourth-order valence-electron chi connectivity index (χ4n) is 4.27. The molecule has 0 bridgehead atoms. The highest BCUT2D eigenvalue weighted by molar-refractivity contribution is 7.81. The van der Waals surface area contributed by atoms with Crippen LogP contribution in [0.1, 0.15) is 5.56 Å². The van der Waals surface area contributed by atoms with Crippen molar-refractivity contribution < 1.29 is 23.0 Å². The lowest BCUT2D eigenvalue weighted by Crippen LogP contribution is -2.22. The number of hydrogen-bond acceptors (Lipinski definition) is 7. The molecule has 0 aliphatic carbocycles. The van der Waals surface area contributed by atoms with E-state index >= 15 is 0 Å². The number of fused-ring (bicyclic) bond motifs is 1. The summed E-state index contributed by atoms with van der Waals surface area (Å²) >= 11 is 3.47. The van der Waals surface area contributed by atoms with E-state index in [9.17, 15) is 13.6 Å². The number of aromatic nitrogens is 2. The van der Waals surface area contributed by atoms with Crippen LogP contribution in [0.4, 0.5) is 28.7 Å². The molecule has 1 unspecified atom stereocenters. The molecule has 0 aliphatic heterocycles. The Morgan fingerprint density at radius 1 is 0.881 bits per heavy atom. The zero-order chi connectivity index (χ0) is 29.6. The Balaban J connectivity index is 1.52. The van der Waals surface area contributed by atoms with Crippen molar-refractivity contribution in [2.24, 2.45) is 0 Å². The van der Waals surface area contributed by atoms with Gasteiger partial charge in [-0.2, -0.15) is 0 Å². The maximum atomic E-state index is 12.9. The fraction of sp³-hybridized carbons (Fsp3) is 0.100. The van der Waals surface area contributed by atoms with Gasteiger partial charge in [-0.05, 0) is 48.0 Å². The zero-order valence-electron chi connectivity index (χ0n) is 22.6. The highest BCUT2D eigenvalue weighted by Crippen LogP contribution is 2.36. The Kier molecular flexibility index (Phi) is 8.82. The number of para-hydroxylation sites is 2. The number of anilines is 5. The first-order chi connectivity index (χ1) is 20.3. The summed E-state index contributed by atoms with van der Waals surface area (Å²) in [6.45, 7) is 0. The number of methoxy groups -OCH3 is 2. The molecule has 1 amide bonds. The largest absolute Gasteiger partial charge is 0.497 e. The first-order valence-corrected chi connectivity index (χ1v) is 14.1. The highest BCUT2D eigenvalue weighted by atomic mass is 35.5. The van der Waals surface area contributed by atoms with Gasteiger partial charge in [-0.25, -0.2) is 18.5 Å². The molecule has 0 saturated carbocycles. The van der Waals surface area contributed by atoms with Crippen LogP contribution in [0.3, 0.4) is 0 Å². The molecule has 0 radical (unpaired) electrons. The molecule has 0 spiro atoms. The van der Waals surface area contributed by atoms with Crippen LogP contribution in [0.2, 0.25) is 5.02 Å². The first-order valence-electron chi connectivity index (χ1n) is 12.7. The van der Waals surface area contributed by atoms with E-state index in [4.69, 9.17) is 31.0 Å². The fourth-order valence-corrected chi connectivity index (χ4v) is 5.05. The van der Waals surface area contributed by atoms with E-state index < -0.39 is 11.3 Å². The minimum absolute atomic E-state index is 0.0822. The second-order valence-electron chi connectivity index (χ2n) is 9.04. The molecule has 214 valence electrons. The van der Waals surface area contributed by atoms with Crippen LogP contribution in [-0.4, -0.2) is 38.9 Å². The second kappa shape index (κ2) is 12.9. The number of hydrogen-bond donors (Lipinski definition) is 3. The zero-order valence-corrected chi connectivity index (χ0v) is 24.1. The maximum Gasteiger partial charge on any atom is 0.268 e. The van der Waals surface area contributed by atoms with Crippen molar-refractivity contribution in [3.8, 4) is 11.5 Å². The molecule has 1 atom stereocenters. The molecule has 5 aromatic rings. The van der Waals surface area contributed by atoms with E-state index in [1.54, 1.807) is 78.9 Å². The Hall–Kier alpha value is -4.71. The number of carbonyl (C=O) groups is 1. The van der Waals surface area contributed by atoms with Gasteiger partial charge in [0, 0.05) is 34.6 Å². The van der Waals surface area contributed by atoms with Gasteiger partial charge in [0.05, 0.1) is 37.4 Å². The van der Waals surface area contributed by atoms with Crippen LogP contribution in [0.5, 0.6) is 11.5 Å². The third-order valence-electron chi connectivity index (χ3n) is 6.13. The van der Waals surface area contributed by atoms with Crippen LogP contribution in [-0.2, 0) is 22.5 Å². The molecule has 42 heavy (non-hydrogen) atoms. The molecular formula is C30H26ClN5O5S. The number of carbonyl (C=O) groups excluding carboxylic acids is 1. The Labute approximate surface area is 249 Å². The smallest absolute Gasteiger partial charge is 0.268 e. The summed E-state index contributed by atoms with van der Waals surface area (Å²) in [5, 5.41) is 6.57. The molecule has 4 aromatic carbocycles. The number of nitrogens with zero attached hydrogens (tertiary/aromatic N) is 3. The normalized spacial score (nSPS) is 11.5. The number of nitrogens with one attached hydrogen (secondary N) is 2. The van der Waals surface area contributed by atoms with Gasteiger partial charge in [0.25, 0.3) is 11.3 Å². The third-order valence-corrected chi connectivity index (χ3v) is 7.06. The lowest BCUT2D eigenvalue weighted by Gasteiger charge is -2.23. The summed E-state index contributed by atoms with van der Waals surface area (Å²) in [4.78, 5) is 22.2. The monoisotopic (exact) mass is 603 g/mol. The van der Waals surface area contributed by atoms with Crippen LogP contribution < -0.4 is 24.4 Å². The van der Waals surface area contributed by atoms with Crippen molar-refractivity contribution in [2.75, 3.05) is 29.2 Å². The average Bonchev–Trinajstić information content (AvgIpc) is 2.97. The van der Waals surface area contributed by atoms with Crippen LogP contribution >= 0.6 is 11.6 Å². The van der Waals surface area contributed by atoms with Crippen molar-refractivity contribution >= 4 is 68.5 Å². The van der Waals surface area contributed by atoms with E-state index in [0.29, 0.717) is 44.6 Å². The van der Waals surface area contributed by atoms with Crippen molar-refractivity contribution in [1.82, 2.24) is 9.97 Å². The SMILES string of the molecule is COc1cc(Nc2nc3ccccc3nc2N(c2cccc(NC(=O)Cc3cccc(Cl)c3)c2)S(=O)O)cc(OC)c1. The van der Waals surface area contributed by atoms with Crippen LogP contribution in [0.25, 0.3) is 11.0 Å². The molecule has 1 aromatic heterocycles. The summed E-state index contributed by atoms with van der Waals surface area (Å²) in [5.41, 5.74) is 3.13. The van der Waals surface area contributed by atoms with Gasteiger partial charge < -0.3 is 20.1 Å².